The van der Waals surface area contributed by atoms with Crippen molar-refractivity contribution in [2.45, 2.75) is 6.42 Å². The monoisotopic (exact) mass is 235 g/mol. The van der Waals surface area contributed by atoms with Crippen molar-refractivity contribution in [1.82, 2.24) is 5.32 Å². The van der Waals surface area contributed by atoms with Crippen LogP contribution < -0.4 is 5.32 Å². The predicted octanol–water partition coefficient (Wildman–Crippen LogP) is 2.90. The van der Waals surface area contributed by atoms with Crippen molar-refractivity contribution in [3.8, 4) is 0 Å². The molecule has 0 saturated heterocycles. The van der Waals surface area contributed by atoms with E-state index < -0.39 is 0 Å². The molecule has 1 nitrogen and oxygen atoms in total. The molecule has 0 amide bonds. The lowest BCUT2D eigenvalue weighted by Gasteiger charge is -2.00. The zero-order chi connectivity index (χ0) is 9.52. The van der Waals surface area contributed by atoms with Crippen LogP contribution in [0.5, 0.6) is 0 Å². The van der Waals surface area contributed by atoms with Crippen LogP contribution in [0.25, 0.3) is 0 Å². The average molecular weight is 236 g/mol. The van der Waals surface area contributed by atoms with E-state index in [4.69, 9.17) is 11.6 Å². The molecule has 0 unspecified atom stereocenters. The van der Waals surface area contributed by atoms with Gasteiger partial charge in [-0.05, 0) is 31.4 Å². The largest absolute Gasteiger partial charge is 0.316 e. The summed E-state index contributed by atoms with van der Waals surface area (Å²) in [6, 6.07) is 4.06. The predicted molar refractivity (Wildman–Crippen MR) is 64.3 cm³/mol. The van der Waals surface area contributed by atoms with Crippen LogP contribution in [0.2, 0.25) is 4.34 Å². The van der Waals surface area contributed by atoms with Crippen LogP contribution in [0, 0.1) is 0 Å². The summed E-state index contributed by atoms with van der Waals surface area (Å²) in [7, 11) is 0. The highest BCUT2D eigenvalue weighted by atomic mass is 35.5. The molecule has 13 heavy (non-hydrogen) atoms. The van der Waals surface area contributed by atoms with Gasteiger partial charge in [0.25, 0.3) is 0 Å². The van der Waals surface area contributed by atoms with Gasteiger partial charge in [0.1, 0.15) is 0 Å². The van der Waals surface area contributed by atoms with E-state index in [9.17, 15) is 0 Å². The highest BCUT2D eigenvalue weighted by Gasteiger charge is 1.96. The molecule has 0 fully saturated rings. The minimum Gasteiger partial charge on any atom is -0.316 e. The van der Waals surface area contributed by atoms with E-state index in [2.05, 4.69) is 17.6 Å². The van der Waals surface area contributed by atoms with E-state index in [0.717, 1.165) is 23.8 Å². The third-order valence-corrected chi connectivity index (χ3v) is 3.56. The van der Waals surface area contributed by atoms with E-state index >= 15 is 0 Å². The fraction of sp³-hybridized carbons (Fsp3) is 0.556. The van der Waals surface area contributed by atoms with Crippen LogP contribution in [0.15, 0.2) is 12.1 Å². The van der Waals surface area contributed by atoms with Gasteiger partial charge < -0.3 is 5.32 Å². The number of halogens is 1. The van der Waals surface area contributed by atoms with Crippen molar-refractivity contribution in [1.29, 1.82) is 0 Å². The van der Waals surface area contributed by atoms with Gasteiger partial charge >= 0.3 is 0 Å². The molecule has 1 rings (SSSR count). The first-order chi connectivity index (χ1) is 6.33. The van der Waals surface area contributed by atoms with Crippen LogP contribution in [-0.4, -0.2) is 25.1 Å². The Bertz CT molecular complexity index is 237. The van der Waals surface area contributed by atoms with Crippen molar-refractivity contribution < 1.29 is 0 Å². The molecule has 0 atom stereocenters. The van der Waals surface area contributed by atoms with Gasteiger partial charge in [0.05, 0.1) is 4.34 Å². The maximum absolute atomic E-state index is 5.82. The van der Waals surface area contributed by atoms with Gasteiger partial charge in [0.2, 0.25) is 0 Å². The molecular weight excluding hydrogens is 222 g/mol. The minimum atomic E-state index is 0.888. The molecule has 0 aliphatic carbocycles. The Hall–Kier alpha value is 0.300. The lowest BCUT2D eigenvalue weighted by molar-refractivity contribution is 0.726. The molecule has 0 saturated carbocycles. The minimum absolute atomic E-state index is 0.888. The lowest BCUT2D eigenvalue weighted by Crippen LogP contribution is -2.19. The van der Waals surface area contributed by atoms with Crippen LogP contribution in [0.4, 0.5) is 0 Å². The van der Waals surface area contributed by atoms with Crippen LogP contribution in [0.3, 0.4) is 0 Å². The molecule has 1 aromatic heterocycles. The second-order valence-corrected chi connectivity index (χ2v) is 5.48. The van der Waals surface area contributed by atoms with Gasteiger partial charge in [-0.25, -0.2) is 0 Å². The molecule has 1 N–H and O–H groups in total. The van der Waals surface area contributed by atoms with Gasteiger partial charge in [0.15, 0.2) is 0 Å². The first-order valence-electron chi connectivity index (χ1n) is 4.27. The molecule has 0 bridgehead atoms. The van der Waals surface area contributed by atoms with Gasteiger partial charge in [-0.15, -0.1) is 11.3 Å². The normalized spacial score (nSPS) is 10.6. The zero-order valence-electron chi connectivity index (χ0n) is 7.68. The number of nitrogens with one attached hydrogen (secondary N) is 1. The Morgan fingerprint density at radius 1 is 1.46 bits per heavy atom. The summed E-state index contributed by atoms with van der Waals surface area (Å²) in [6.07, 6.45) is 3.21. The summed E-state index contributed by atoms with van der Waals surface area (Å²) >= 11 is 9.36. The molecule has 0 aromatic carbocycles. The summed E-state index contributed by atoms with van der Waals surface area (Å²) in [5, 5.41) is 3.39. The van der Waals surface area contributed by atoms with Crippen LogP contribution >= 0.6 is 34.7 Å². The zero-order valence-corrected chi connectivity index (χ0v) is 10.1. The van der Waals surface area contributed by atoms with Crippen molar-refractivity contribution in [3.05, 3.63) is 21.3 Å². The second kappa shape index (κ2) is 6.71. The smallest absolute Gasteiger partial charge is 0.0931 e. The van der Waals surface area contributed by atoms with Crippen molar-refractivity contribution in [3.63, 3.8) is 0 Å². The second-order valence-electron chi connectivity index (χ2n) is 2.70. The van der Waals surface area contributed by atoms with Gasteiger partial charge in [0, 0.05) is 17.2 Å². The highest BCUT2D eigenvalue weighted by molar-refractivity contribution is 7.98. The molecule has 0 aliphatic rings. The molecule has 1 heterocycles. The number of thioether (sulfide) groups is 1. The summed E-state index contributed by atoms with van der Waals surface area (Å²) in [4.78, 5) is 1.36. The highest BCUT2D eigenvalue weighted by Crippen LogP contribution is 2.21. The molecule has 74 valence electrons. The Morgan fingerprint density at radius 2 is 2.31 bits per heavy atom. The van der Waals surface area contributed by atoms with Crippen molar-refractivity contribution >= 4 is 34.7 Å². The van der Waals surface area contributed by atoms with E-state index in [0.29, 0.717) is 0 Å². The number of hydrogen-bond acceptors (Lipinski definition) is 3. The Balaban J connectivity index is 2.06. The van der Waals surface area contributed by atoms with Crippen LogP contribution in [-0.2, 0) is 6.42 Å². The van der Waals surface area contributed by atoms with Crippen LogP contribution in [0.1, 0.15) is 4.88 Å². The van der Waals surface area contributed by atoms with Gasteiger partial charge in [-0.3, -0.25) is 0 Å². The molecule has 0 radical (unpaired) electrons. The molecule has 0 aliphatic heterocycles. The number of rotatable bonds is 6. The van der Waals surface area contributed by atoms with Crippen molar-refractivity contribution in [2.24, 2.45) is 0 Å². The molecule has 0 spiro atoms. The molecule has 1 aromatic rings. The van der Waals surface area contributed by atoms with E-state index in [1.54, 1.807) is 11.3 Å². The fourth-order valence-electron chi connectivity index (χ4n) is 0.997. The van der Waals surface area contributed by atoms with Crippen molar-refractivity contribution in [2.75, 3.05) is 25.1 Å². The SMILES string of the molecule is CSCCNCCc1ccc(Cl)s1. The number of hydrogen-bond donors (Lipinski definition) is 1. The quantitative estimate of drug-likeness (QED) is 0.762. The van der Waals surface area contributed by atoms with Gasteiger partial charge in [-0.1, -0.05) is 11.6 Å². The molecular formula is C9H14ClNS2. The van der Waals surface area contributed by atoms with E-state index in [-0.39, 0.29) is 0 Å². The Morgan fingerprint density at radius 3 is 2.92 bits per heavy atom. The average Bonchev–Trinajstić information content (AvgIpc) is 2.51. The topological polar surface area (TPSA) is 12.0 Å². The number of thiophene rings is 1. The standard InChI is InChI=1S/C9H14ClNS2/c1-12-7-6-11-5-4-8-2-3-9(10)13-8/h2-3,11H,4-7H2,1H3. The molecule has 4 heteroatoms. The maximum Gasteiger partial charge on any atom is 0.0931 e. The maximum atomic E-state index is 5.82. The first kappa shape index (κ1) is 11.4. The Kier molecular flexibility index (Phi) is 5.87. The Labute approximate surface area is 92.9 Å². The summed E-state index contributed by atoms with van der Waals surface area (Å²) in [5.41, 5.74) is 0. The fourth-order valence-corrected chi connectivity index (χ4v) is 2.43. The van der Waals surface area contributed by atoms with E-state index in [1.807, 2.05) is 17.8 Å². The summed E-state index contributed by atoms with van der Waals surface area (Å²) in [5.74, 6) is 1.19. The van der Waals surface area contributed by atoms with E-state index in [1.165, 1.54) is 10.6 Å². The summed E-state index contributed by atoms with van der Waals surface area (Å²) < 4.78 is 0.888. The van der Waals surface area contributed by atoms with Gasteiger partial charge in [-0.2, -0.15) is 11.8 Å². The lowest BCUT2D eigenvalue weighted by atomic mass is 10.3. The summed E-state index contributed by atoms with van der Waals surface area (Å²) in [6.45, 7) is 2.15. The third kappa shape index (κ3) is 4.91. The third-order valence-electron chi connectivity index (χ3n) is 1.66. The first-order valence-corrected chi connectivity index (χ1v) is 6.85.